The first-order valence-electron chi connectivity index (χ1n) is 8.44. The molecule has 1 N–H and O–H groups in total. The van der Waals surface area contributed by atoms with Crippen molar-refractivity contribution < 1.29 is 0 Å². The van der Waals surface area contributed by atoms with E-state index in [9.17, 15) is 0 Å². The molecule has 1 aromatic rings. The number of hydrogen-bond donors (Lipinski definition) is 1. The summed E-state index contributed by atoms with van der Waals surface area (Å²) < 4.78 is 8.55. The van der Waals surface area contributed by atoms with Gasteiger partial charge in [-0.3, -0.25) is 0 Å². The fraction of sp³-hybridized carbons (Fsp3) is 0.706. The van der Waals surface area contributed by atoms with Gasteiger partial charge in [-0.2, -0.15) is 0 Å². The Labute approximate surface area is 130 Å². The molecule has 0 radical (unpaired) electrons. The Morgan fingerprint density at radius 1 is 0.850 bits per heavy atom. The van der Waals surface area contributed by atoms with E-state index >= 15 is 0 Å². The molecule has 0 unspecified atom stereocenters. The van der Waals surface area contributed by atoms with Crippen LogP contribution in [0.3, 0.4) is 0 Å². The number of aromatic nitrogens is 1. The quantitative estimate of drug-likeness (QED) is 0.486. The summed E-state index contributed by atoms with van der Waals surface area (Å²) in [6.07, 6.45) is 12.0. The molecule has 0 atom stereocenters. The van der Waals surface area contributed by atoms with Crippen molar-refractivity contribution in [3.8, 4) is 0 Å². The van der Waals surface area contributed by atoms with E-state index in [4.69, 9.17) is 0 Å². The molecule has 0 saturated heterocycles. The van der Waals surface area contributed by atoms with Crippen LogP contribution in [0.2, 0.25) is 13.3 Å². The number of hydrogen-bond acceptors (Lipinski definition) is 2. The zero-order chi connectivity index (χ0) is 14.7. The molecular weight excluding hydrogens is 351 g/mol. The number of unbranched alkanes of at least 4 members (excludes halogenated alkanes) is 3. The maximum atomic E-state index is 4.15. The molecule has 0 amide bonds. The second-order valence-electron chi connectivity index (χ2n) is 5.95. The second-order valence-corrected chi connectivity index (χ2v) is 18.3. The first-order valence-corrected chi connectivity index (χ1v) is 15.9. The summed E-state index contributed by atoms with van der Waals surface area (Å²) in [5.41, 5.74) is 1.32. The molecule has 1 rings (SSSR count). The molecule has 114 valence electrons. The molecular formula is C17H32N2Sn. The molecule has 0 bridgehead atoms. The second kappa shape index (κ2) is 10.5. The summed E-state index contributed by atoms with van der Waals surface area (Å²) in [5, 5.41) is 0. The van der Waals surface area contributed by atoms with Crippen molar-refractivity contribution in [3.63, 3.8) is 0 Å². The van der Waals surface area contributed by atoms with E-state index in [0.29, 0.717) is 0 Å². The number of anilines is 1. The molecule has 0 aromatic carbocycles. The minimum absolute atomic E-state index is 1.32. The van der Waals surface area contributed by atoms with Gasteiger partial charge in [0.1, 0.15) is 0 Å². The third kappa shape index (κ3) is 6.47. The Kier molecular flexibility index (Phi) is 9.32. The fourth-order valence-corrected chi connectivity index (χ4v) is 17.1. The van der Waals surface area contributed by atoms with Crippen molar-refractivity contribution in [2.75, 3.05) is 3.54 Å². The van der Waals surface area contributed by atoms with Gasteiger partial charge in [0.25, 0.3) is 0 Å². The molecule has 0 saturated carbocycles. The molecule has 2 nitrogen and oxygen atoms in total. The van der Waals surface area contributed by atoms with E-state index in [2.05, 4.69) is 41.4 Å². The van der Waals surface area contributed by atoms with Gasteiger partial charge in [0.2, 0.25) is 0 Å². The van der Waals surface area contributed by atoms with E-state index < -0.39 is 18.7 Å². The standard InChI is InChI=1S/C5H5N2.3C4H9.Sn/c6-5-1-3-7-4-2-5;3*1-3-4-2;/h1-4H,(H-,6,7);3*1,3-4H2,2H3;/q-1;;;;+1. The predicted molar refractivity (Wildman–Crippen MR) is 92.8 cm³/mol. The molecule has 1 aromatic heterocycles. The van der Waals surface area contributed by atoms with Gasteiger partial charge in [0.15, 0.2) is 0 Å². The summed E-state index contributed by atoms with van der Waals surface area (Å²) in [6.45, 7) is 6.97. The zero-order valence-corrected chi connectivity index (χ0v) is 16.5. The fourth-order valence-electron chi connectivity index (χ4n) is 2.85. The SMILES string of the molecule is CCC[CH2][Sn]([CH2]CCC)([CH2]CCC)[NH]c1ccncc1. The maximum absolute atomic E-state index is 4.15. The Morgan fingerprint density at radius 3 is 1.70 bits per heavy atom. The molecule has 0 aliphatic heterocycles. The average Bonchev–Trinajstić information content (AvgIpc) is 2.49. The van der Waals surface area contributed by atoms with Crippen LogP contribution < -0.4 is 3.54 Å². The monoisotopic (exact) mass is 384 g/mol. The van der Waals surface area contributed by atoms with Crippen LogP contribution >= 0.6 is 0 Å². The Bertz CT molecular complexity index is 318. The Hall–Kier alpha value is -0.251. The summed E-state index contributed by atoms with van der Waals surface area (Å²) in [7, 11) is 0. The van der Waals surface area contributed by atoms with Gasteiger partial charge < -0.3 is 0 Å². The normalized spacial score (nSPS) is 11.6. The third-order valence-corrected chi connectivity index (χ3v) is 17.7. The van der Waals surface area contributed by atoms with E-state index in [1.165, 1.54) is 57.5 Å². The van der Waals surface area contributed by atoms with Crippen LogP contribution in [-0.2, 0) is 0 Å². The van der Waals surface area contributed by atoms with Gasteiger partial charge in [-0.15, -0.1) is 0 Å². The molecule has 0 spiro atoms. The molecule has 20 heavy (non-hydrogen) atoms. The van der Waals surface area contributed by atoms with Gasteiger partial charge >= 0.3 is 130 Å². The summed E-state index contributed by atoms with van der Waals surface area (Å²) in [4.78, 5) is 4.15. The molecule has 0 aliphatic rings. The van der Waals surface area contributed by atoms with Crippen LogP contribution in [0.1, 0.15) is 59.3 Å². The van der Waals surface area contributed by atoms with Crippen molar-refractivity contribution in [2.24, 2.45) is 0 Å². The van der Waals surface area contributed by atoms with Crippen LogP contribution in [-0.4, -0.2) is 23.6 Å². The van der Waals surface area contributed by atoms with Gasteiger partial charge in [0.05, 0.1) is 0 Å². The molecule has 1 heterocycles. The van der Waals surface area contributed by atoms with Gasteiger partial charge in [-0.1, -0.05) is 0 Å². The van der Waals surface area contributed by atoms with E-state index in [0.717, 1.165) is 0 Å². The van der Waals surface area contributed by atoms with Crippen LogP contribution in [0, 0.1) is 0 Å². The third-order valence-electron chi connectivity index (χ3n) is 4.12. The van der Waals surface area contributed by atoms with Crippen molar-refractivity contribution in [3.05, 3.63) is 24.5 Å². The summed E-state index contributed by atoms with van der Waals surface area (Å²) >= 11 is -2.23. The van der Waals surface area contributed by atoms with Crippen molar-refractivity contribution in [2.45, 2.75) is 72.6 Å². The summed E-state index contributed by atoms with van der Waals surface area (Å²) in [5.74, 6) is 0. The molecule has 3 heteroatoms. The van der Waals surface area contributed by atoms with Gasteiger partial charge in [-0.25, -0.2) is 0 Å². The number of nitrogens with one attached hydrogen (secondary N) is 1. The molecule has 0 fully saturated rings. The van der Waals surface area contributed by atoms with Crippen LogP contribution in [0.4, 0.5) is 5.69 Å². The zero-order valence-electron chi connectivity index (χ0n) is 13.6. The topological polar surface area (TPSA) is 24.9 Å². The predicted octanol–water partition coefficient (Wildman–Crippen LogP) is 5.84. The molecule has 0 aliphatic carbocycles. The Morgan fingerprint density at radius 2 is 1.30 bits per heavy atom. The van der Waals surface area contributed by atoms with Crippen LogP contribution in [0.25, 0.3) is 0 Å². The first-order chi connectivity index (χ1) is 9.76. The van der Waals surface area contributed by atoms with Crippen molar-refractivity contribution in [1.82, 2.24) is 4.98 Å². The number of nitrogens with zero attached hydrogens (tertiary/aromatic N) is 1. The van der Waals surface area contributed by atoms with Crippen molar-refractivity contribution in [1.29, 1.82) is 0 Å². The number of rotatable bonds is 11. The van der Waals surface area contributed by atoms with Gasteiger partial charge in [-0.05, 0) is 0 Å². The van der Waals surface area contributed by atoms with E-state index in [-0.39, 0.29) is 0 Å². The first kappa shape index (κ1) is 17.8. The minimum atomic E-state index is -2.23. The van der Waals surface area contributed by atoms with Crippen LogP contribution in [0.5, 0.6) is 0 Å². The van der Waals surface area contributed by atoms with E-state index in [1.807, 2.05) is 12.4 Å². The van der Waals surface area contributed by atoms with Gasteiger partial charge in [0, 0.05) is 0 Å². The summed E-state index contributed by atoms with van der Waals surface area (Å²) in [6, 6.07) is 4.30. The van der Waals surface area contributed by atoms with Crippen molar-refractivity contribution >= 4 is 24.3 Å². The average molecular weight is 383 g/mol. The van der Waals surface area contributed by atoms with E-state index in [1.54, 1.807) is 0 Å². The number of pyridine rings is 1. The Balaban J connectivity index is 2.81. The van der Waals surface area contributed by atoms with Crippen LogP contribution in [0.15, 0.2) is 24.5 Å².